The fourth-order valence-corrected chi connectivity index (χ4v) is 4.49. The van der Waals surface area contributed by atoms with Crippen LogP contribution >= 0.6 is 11.6 Å². The Morgan fingerprint density at radius 1 is 1.11 bits per heavy atom. The highest BCUT2D eigenvalue weighted by molar-refractivity contribution is 6.25. The summed E-state index contributed by atoms with van der Waals surface area (Å²) in [5, 5.41) is 0. The maximum atomic E-state index is 5.88. The Hall–Kier alpha value is -0.750. The summed E-state index contributed by atoms with van der Waals surface area (Å²) in [6, 6.07) is 10.9. The Balaban J connectivity index is 2.03. The van der Waals surface area contributed by atoms with Gasteiger partial charge in [0.2, 0.25) is 0 Å². The summed E-state index contributed by atoms with van der Waals surface area (Å²) in [6.07, 6.45) is 6.15. The van der Waals surface area contributed by atoms with Crippen molar-refractivity contribution in [1.82, 2.24) is 0 Å². The largest absolute Gasteiger partial charge is 0.0933 e. The molecule has 0 bridgehead atoms. The van der Waals surface area contributed by atoms with Gasteiger partial charge in [-0.1, -0.05) is 68.3 Å². The first-order chi connectivity index (χ1) is 9.16. The van der Waals surface area contributed by atoms with Gasteiger partial charge in [-0.2, -0.15) is 0 Å². The summed E-state index contributed by atoms with van der Waals surface area (Å²) < 4.78 is 0. The topological polar surface area (TPSA) is 0 Å². The zero-order chi connectivity index (χ0) is 13.5. The molecule has 0 amide bonds. The summed E-state index contributed by atoms with van der Waals surface area (Å²) in [5.74, 6) is 4.59. The maximum Gasteiger partial charge on any atom is 0.0149 e. The van der Waals surface area contributed by atoms with Crippen molar-refractivity contribution in [1.29, 1.82) is 0 Å². The van der Waals surface area contributed by atoms with Crippen molar-refractivity contribution in [3.05, 3.63) is 59.3 Å². The van der Waals surface area contributed by atoms with E-state index in [0.717, 1.165) is 5.92 Å². The molecule has 0 aliphatic heterocycles. The van der Waals surface area contributed by atoms with Gasteiger partial charge in [0.25, 0.3) is 0 Å². The van der Waals surface area contributed by atoms with Crippen LogP contribution in [0.25, 0.3) is 0 Å². The Kier molecular flexibility index (Phi) is 3.47. The van der Waals surface area contributed by atoms with E-state index in [0.29, 0.717) is 5.92 Å². The molecule has 2 unspecified atom stereocenters. The summed E-state index contributed by atoms with van der Waals surface area (Å²) in [7, 11) is 0. The highest BCUT2D eigenvalue weighted by Gasteiger charge is 2.56. The first-order valence-corrected chi connectivity index (χ1v) is 7.66. The molecule has 19 heavy (non-hydrogen) atoms. The van der Waals surface area contributed by atoms with Crippen molar-refractivity contribution in [3.8, 4) is 0 Å². The molecule has 3 rings (SSSR count). The van der Waals surface area contributed by atoms with Crippen LogP contribution in [0.15, 0.2) is 41.9 Å². The monoisotopic (exact) mass is 272 g/mol. The van der Waals surface area contributed by atoms with E-state index in [2.05, 4.69) is 50.3 Å². The number of hydrogen-bond acceptors (Lipinski definition) is 0. The minimum absolute atomic E-state index is 0.141. The molecular formula is C18H21Cl. The van der Waals surface area contributed by atoms with E-state index in [1.807, 2.05) is 0 Å². The lowest BCUT2D eigenvalue weighted by Gasteiger charge is -2.33. The second-order valence-corrected chi connectivity index (χ2v) is 6.55. The van der Waals surface area contributed by atoms with Crippen LogP contribution in [0.1, 0.15) is 38.7 Å². The molecule has 0 saturated heterocycles. The van der Waals surface area contributed by atoms with Gasteiger partial charge < -0.3 is 0 Å². The normalized spacial score (nSPS) is 31.1. The van der Waals surface area contributed by atoms with Crippen LogP contribution in [0.2, 0.25) is 0 Å². The summed E-state index contributed by atoms with van der Waals surface area (Å²) in [4.78, 5) is 0. The molecule has 2 radical (unpaired) electrons. The van der Waals surface area contributed by atoms with Crippen LogP contribution in [-0.4, -0.2) is 0 Å². The quantitative estimate of drug-likeness (QED) is 0.677. The number of benzene rings is 1. The van der Waals surface area contributed by atoms with Crippen LogP contribution in [0.4, 0.5) is 0 Å². The third-order valence-electron chi connectivity index (χ3n) is 5.01. The molecule has 2 saturated carbocycles. The lowest BCUT2D eigenvalue weighted by molar-refractivity contribution is 0.441. The molecule has 0 nitrogen and oxygen atoms in total. The maximum absolute atomic E-state index is 5.88. The minimum atomic E-state index is 0.141. The number of rotatable bonds is 2. The highest BCUT2D eigenvalue weighted by atomic mass is 35.5. The summed E-state index contributed by atoms with van der Waals surface area (Å²) in [5.41, 5.74) is 3.26. The fourth-order valence-electron chi connectivity index (χ4n) is 4.35. The van der Waals surface area contributed by atoms with E-state index >= 15 is 0 Å². The summed E-state index contributed by atoms with van der Waals surface area (Å²) >= 11 is 5.88. The van der Waals surface area contributed by atoms with Gasteiger partial charge in [0.1, 0.15) is 0 Å². The third-order valence-corrected chi connectivity index (χ3v) is 5.13. The molecule has 2 aliphatic carbocycles. The van der Waals surface area contributed by atoms with Crippen molar-refractivity contribution in [2.24, 2.45) is 17.3 Å². The molecule has 2 aliphatic rings. The van der Waals surface area contributed by atoms with Gasteiger partial charge in [0.05, 0.1) is 0 Å². The zero-order valence-electron chi connectivity index (χ0n) is 11.7. The van der Waals surface area contributed by atoms with Crippen molar-refractivity contribution in [3.63, 3.8) is 0 Å². The smallest absolute Gasteiger partial charge is 0.0149 e. The average molecular weight is 273 g/mol. The second kappa shape index (κ2) is 4.98. The number of halogens is 1. The van der Waals surface area contributed by atoms with Crippen LogP contribution < -0.4 is 0 Å². The van der Waals surface area contributed by atoms with Gasteiger partial charge in [0, 0.05) is 17.4 Å². The Morgan fingerprint density at radius 3 is 2.47 bits per heavy atom. The van der Waals surface area contributed by atoms with Crippen molar-refractivity contribution in [2.75, 3.05) is 0 Å². The molecular weight excluding hydrogens is 252 g/mol. The number of allylic oxidation sites excluding steroid dienone is 1. The van der Waals surface area contributed by atoms with E-state index in [1.165, 1.54) is 30.7 Å². The number of fused-ring (bicyclic) bond motifs is 1. The van der Waals surface area contributed by atoms with Crippen LogP contribution in [0.3, 0.4) is 0 Å². The SMILES string of the molecule is CC1(C)[C](/C=C\Cl)C2CCCC2[C]1c1ccccc1. The van der Waals surface area contributed by atoms with Crippen molar-refractivity contribution in [2.45, 2.75) is 33.1 Å². The Labute approximate surface area is 121 Å². The average Bonchev–Trinajstić information content (AvgIpc) is 2.92. The Morgan fingerprint density at radius 2 is 1.79 bits per heavy atom. The minimum Gasteiger partial charge on any atom is -0.0933 e. The van der Waals surface area contributed by atoms with E-state index in [1.54, 1.807) is 11.5 Å². The van der Waals surface area contributed by atoms with Gasteiger partial charge in [0.15, 0.2) is 0 Å². The van der Waals surface area contributed by atoms with E-state index in [-0.39, 0.29) is 5.41 Å². The molecule has 1 aromatic rings. The second-order valence-electron chi connectivity index (χ2n) is 6.30. The Bertz CT molecular complexity index is 460. The lowest BCUT2D eigenvalue weighted by Crippen LogP contribution is -2.25. The fraction of sp³-hybridized carbons (Fsp3) is 0.444. The first-order valence-electron chi connectivity index (χ1n) is 7.23. The van der Waals surface area contributed by atoms with Gasteiger partial charge in [-0.15, -0.1) is 0 Å². The van der Waals surface area contributed by atoms with Crippen LogP contribution in [-0.2, 0) is 0 Å². The molecule has 2 atom stereocenters. The van der Waals surface area contributed by atoms with Gasteiger partial charge in [-0.3, -0.25) is 0 Å². The predicted molar refractivity (Wildman–Crippen MR) is 81.6 cm³/mol. The molecule has 1 heteroatoms. The number of hydrogen-bond donors (Lipinski definition) is 0. The molecule has 2 fully saturated rings. The van der Waals surface area contributed by atoms with E-state index in [4.69, 9.17) is 11.6 Å². The molecule has 0 heterocycles. The summed E-state index contributed by atoms with van der Waals surface area (Å²) in [6.45, 7) is 4.72. The standard InChI is InChI=1S/C18H21Cl/c1-18(2)16(11-12-19)14-9-6-10-15(14)17(18)13-7-4-3-5-8-13/h3-5,7-8,11-12,14-15H,6,9-10H2,1-2H3/b12-11-. The molecule has 0 N–H and O–H groups in total. The van der Waals surface area contributed by atoms with Gasteiger partial charge >= 0.3 is 0 Å². The van der Waals surface area contributed by atoms with E-state index < -0.39 is 0 Å². The van der Waals surface area contributed by atoms with Crippen molar-refractivity contribution < 1.29 is 0 Å². The third kappa shape index (κ3) is 2.05. The lowest BCUT2D eigenvalue weighted by atomic mass is 9.70. The zero-order valence-corrected chi connectivity index (χ0v) is 12.5. The van der Waals surface area contributed by atoms with Crippen molar-refractivity contribution >= 4 is 11.6 Å². The molecule has 0 aromatic heterocycles. The van der Waals surface area contributed by atoms with Gasteiger partial charge in [-0.25, -0.2) is 0 Å². The highest BCUT2D eigenvalue weighted by Crippen LogP contribution is 2.64. The van der Waals surface area contributed by atoms with E-state index in [9.17, 15) is 0 Å². The predicted octanol–water partition coefficient (Wildman–Crippen LogP) is 5.39. The first kappa shape index (κ1) is 13.2. The van der Waals surface area contributed by atoms with Gasteiger partial charge in [-0.05, 0) is 35.7 Å². The van der Waals surface area contributed by atoms with Crippen LogP contribution in [0.5, 0.6) is 0 Å². The molecule has 100 valence electrons. The molecule has 1 aromatic carbocycles. The molecule has 0 spiro atoms. The van der Waals surface area contributed by atoms with Crippen LogP contribution in [0, 0.1) is 29.1 Å².